The number of likely N-dealkylation sites (tertiary alicyclic amines) is 1. The van der Waals surface area contributed by atoms with Gasteiger partial charge in [0.05, 0.1) is 17.0 Å². The van der Waals surface area contributed by atoms with E-state index in [1.54, 1.807) is 20.8 Å². The van der Waals surface area contributed by atoms with E-state index in [0.29, 0.717) is 25.9 Å². The number of carbonyl (C=O) groups is 2. The van der Waals surface area contributed by atoms with E-state index in [1.807, 2.05) is 0 Å². The summed E-state index contributed by atoms with van der Waals surface area (Å²) in [7, 11) is 0. The number of hydrogen-bond acceptors (Lipinski definition) is 3. The number of urea groups is 1. The van der Waals surface area contributed by atoms with E-state index in [2.05, 4.69) is 10.6 Å². The molecule has 0 radical (unpaired) electrons. The zero-order valence-electron chi connectivity index (χ0n) is 16.8. The van der Waals surface area contributed by atoms with Crippen molar-refractivity contribution in [2.24, 2.45) is 0 Å². The summed E-state index contributed by atoms with van der Waals surface area (Å²) in [6.45, 7) is 7.23. The number of halogens is 3. The fourth-order valence-electron chi connectivity index (χ4n) is 3.79. The molecule has 0 spiro atoms. The maximum atomic E-state index is 13.5. The van der Waals surface area contributed by atoms with E-state index >= 15 is 0 Å². The normalized spacial score (nSPS) is 18.4. The van der Waals surface area contributed by atoms with Gasteiger partial charge in [-0.3, -0.25) is 4.79 Å². The number of rotatable bonds is 3. The molecule has 0 atom stereocenters. The highest BCUT2D eigenvalue weighted by Gasteiger charge is 2.43. The highest BCUT2D eigenvalue weighted by Crippen LogP contribution is 2.47. The van der Waals surface area contributed by atoms with E-state index in [0.717, 1.165) is 6.07 Å². The number of hydrogen-bond donors (Lipinski definition) is 2. The number of nitrogens with zero attached hydrogens (tertiary/aromatic N) is 1. The summed E-state index contributed by atoms with van der Waals surface area (Å²) in [5.41, 5.74) is -1.21. The first kappa shape index (κ1) is 21.0. The number of ether oxygens (including phenoxy) is 1. The van der Waals surface area contributed by atoms with Gasteiger partial charge in [-0.1, -0.05) is 0 Å². The zero-order chi connectivity index (χ0) is 21.6. The molecule has 1 aromatic rings. The molecule has 0 aliphatic carbocycles. The van der Waals surface area contributed by atoms with Crippen LogP contribution in [-0.4, -0.2) is 35.5 Å². The number of amides is 3. The molecule has 6 nitrogen and oxygen atoms in total. The Bertz CT molecular complexity index is 891. The first-order chi connectivity index (χ1) is 13.5. The molecular formula is C20H24F3N3O3. The lowest BCUT2D eigenvalue weighted by Gasteiger charge is -2.40. The third kappa shape index (κ3) is 3.77. The second-order valence-electron chi connectivity index (χ2n) is 7.58. The Morgan fingerprint density at radius 2 is 2.00 bits per heavy atom. The van der Waals surface area contributed by atoms with E-state index in [4.69, 9.17) is 4.74 Å². The average Bonchev–Trinajstić information content (AvgIpc) is 3.00. The molecule has 2 heterocycles. The second kappa shape index (κ2) is 7.27. The lowest BCUT2D eigenvalue weighted by atomic mass is 9.89. The molecule has 3 rings (SSSR count). The molecule has 0 bridgehead atoms. The monoisotopic (exact) mass is 411 g/mol. The van der Waals surface area contributed by atoms with Crippen LogP contribution in [0.25, 0.3) is 5.70 Å². The van der Waals surface area contributed by atoms with Gasteiger partial charge in [0.2, 0.25) is 5.91 Å². The summed E-state index contributed by atoms with van der Waals surface area (Å²) in [5.74, 6) is 0.0484. The van der Waals surface area contributed by atoms with Crippen LogP contribution in [0.1, 0.15) is 50.3 Å². The second-order valence-corrected chi connectivity index (χ2v) is 7.58. The van der Waals surface area contributed by atoms with E-state index in [1.165, 1.54) is 17.9 Å². The van der Waals surface area contributed by atoms with Gasteiger partial charge in [-0.15, -0.1) is 0 Å². The Hall–Kier alpha value is -2.71. The van der Waals surface area contributed by atoms with Gasteiger partial charge in [-0.25, -0.2) is 4.79 Å². The van der Waals surface area contributed by atoms with Crippen molar-refractivity contribution >= 4 is 17.6 Å². The summed E-state index contributed by atoms with van der Waals surface area (Å²) >= 11 is 0. The third-order valence-electron chi connectivity index (χ3n) is 5.09. The molecule has 0 unspecified atom stereocenters. The predicted molar refractivity (Wildman–Crippen MR) is 101 cm³/mol. The largest absolute Gasteiger partial charge is 0.481 e. The van der Waals surface area contributed by atoms with Crippen molar-refractivity contribution in [3.63, 3.8) is 0 Å². The lowest BCUT2D eigenvalue weighted by Crippen LogP contribution is -2.48. The molecule has 2 aliphatic heterocycles. The maximum absolute atomic E-state index is 13.5. The van der Waals surface area contributed by atoms with Crippen LogP contribution in [0.15, 0.2) is 17.8 Å². The molecule has 1 saturated heterocycles. The van der Waals surface area contributed by atoms with Crippen LogP contribution in [-0.2, 0) is 11.0 Å². The first-order valence-electron chi connectivity index (χ1n) is 9.47. The Kier molecular flexibility index (Phi) is 5.27. The average molecular weight is 411 g/mol. The van der Waals surface area contributed by atoms with Gasteiger partial charge >= 0.3 is 12.2 Å². The minimum absolute atomic E-state index is 0.0459. The van der Waals surface area contributed by atoms with Crippen molar-refractivity contribution in [1.82, 2.24) is 15.5 Å². The SMILES string of the molecule is CCNC(=O)NC1=C(N2CCCC2=O)c2c(ccc(C(F)(F)F)c2C)OC1(C)C. The molecule has 2 N–H and O–H groups in total. The summed E-state index contributed by atoms with van der Waals surface area (Å²) in [6, 6.07) is 1.74. The molecule has 2 aliphatic rings. The molecule has 1 fully saturated rings. The fraction of sp³-hybridized carbons (Fsp3) is 0.500. The minimum Gasteiger partial charge on any atom is -0.481 e. The quantitative estimate of drug-likeness (QED) is 0.795. The third-order valence-corrected chi connectivity index (χ3v) is 5.09. The molecular weight excluding hydrogens is 387 g/mol. The molecule has 9 heteroatoms. The first-order valence-corrected chi connectivity index (χ1v) is 9.47. The van der Waals surface area contributed by atoms with Crippen molar-refractivity contribution in [1.29, 1.82) is 0 Å². The molecule has 0 saturated carbocycles. The van der Waals surface area contributed by atoms with Crippen LogP contribution in [0.5, 0.6) is 5.75 Å². The van der Waals surface area contributed by atoms with Crippen LogP contribution in [0.3, 0.4) is 0 Å². The highest BCUT2D eigenvalue weighted by atomic mass is 19.4. The Morgan fingerprint density at radius 3 is 2.55 bits per heavy atom. The number of carbonyl (C=O) groups excluding carboxylic acids is 2. The van der Waals surface area contributed by atoms with E-state index in [9.17, 15) is 22.8 Å². The minimum atomic E-state index is -4.56. The maximum Gasteiger partial charge on any atom is 0.416 e. The highest BCUT2D eigenvalue weighted by molar-refractivity contribution is 5.93. The topological polar surface area (TPSA) is 70.7 Å². The number of fused-ring (bicyclic) bond motifs is 1. The van der Waals surface area contributed by atoms with Crippen molar-refractivity contribution in [3.05, 3.63) is 34.5 Å². The van der Waals surface area contributed by atoms with Crippen molar-refractivity contribution in [3.8, 4) is 5.75 Å². The van der Waals surface area contributed by atoms with Crippen LogP contribution in [0.2, 0.25) is 0 Å². The molecule has 3 amide bonds. The molecule has 1 aromatic carbocycles. The van der Waals surface area contributed by atoms with Crippen LogP contribution in [0.4, 0.5) is 18.0 Å². The standard InChI is InChI=1S/C20H24F3N3O3/c1-5-24-18(28)25-17-16(26-10-6-7-14(26)27)15-11(2)12(20(21,22)23)8-9-13(15)29-19(17,3)4/h8-9H,5-7,10H2,1-4H3,(H2,24,25,28). The van der Waals surface area contributed by atoms with Gasteiger partial charge in [-0.2, -0.15) is 13.2 Å². The van der Waals surface area contributed by atoms with Crippen LogP contribution < -0.4 is 15.4 Å². The van der Waals surface area contributed by atoms with Crippen LogP contribution in [0, 0.1) is 6.92 Å². The zero-order valence-corrected chi connectivity index (χ0v) is 16.8. The Morgan fingerprint density at radius 1 is 1.31 bits per heavy atom. The number of nitrogens with one attached hydrogen (secondary N) is 2. The van der Waals surface area contributed by atoms with Crippen LogP contribution >= 0.6 is 0 Å². The van der Waals surface area contributed by atoms with Crippen molar-refractivity contribution < 1.29 is 27.5 Å². The smallest absolute Gasteiger partial charge is 0.416 e. The van der Waals surface area contributed by atoms with Gasteiger partial charge in [0.1, 0.15) is 11.4 Å². The summed E-state index contributed by atoms with van der Waals surface area (Å²) in [4.78, 5) is 26.3. The summed E-state index contributed by atoms with van der Waals surface area (Å²) < 4.78 is 46.6. The van der Waals surface area contributed by atoms with E-state index in [-0.39, 0.29) is 34.2 Å². The van der Waals surface area contributed by atoms with Gasteiger partial charge in [0, 0.05) is 25.1 Å². The molecule has 158 valence electrons. The van der Waals surface area contributed by atoms with Gasteiger partial charge in [0.15, 0.2) is 0 Å². The van der Waals surface area contributed by atoms with Gasteiger partial charge in [0.25, 0.3) is 0 Å². The Labute approximate surface area is 167 Å². The summed E-state index contributed by atoms with van der Waals surface area (Å²) in [5, 5.41) is 5.32. The van der Waals surface area contributed by atoms with Gasteiger partial charge < -0.3 is 20.3 Å². The number of benzene rings is 1. The van der Waals surface area contributed by atoms with Crippen molar-refractivity contribution in [2.75, 3.05) is 13.1 Å². The molecule has 0 aromatic heterocycles. The fourth-order valence-corrected chi connectivity index (χ4v) is 3.79. The van der Waals surface area contributed by atoms with Crippen molar-refractivity contribution in [2.45, 2.75) is 52.3 Å². The lowest BCUT2D eigenvalue weighted by molar-refractivity contribution is -0.138. The number of alkyl halides is 3. The summed E-state index contributed by atoms with van der Waals surface area (Å²) in [6.07, 6.45) is -3.67. The van der Waals surface area contributed by atoms with Gasteiger partial charge in [-0.05, 0) is 51.8 Å². The molecule has 29 heavy (non-hydrogen) atoms. The Balaban J connectivity index is 2.29. The van der Waals surface area contributed by atoms with E-state index < -0.39 is 23.4 Å². The predicted octanol–water partition coefficient (Wildman–Crippen LogP) is 3.79.